The molecule has 0 radical (unpaired) electrons. The Morgan fingerprint density at radius 1 is 1.22 bits per heavy atom. The van der Waals surface area contributed by atoms with Gasteiger partial charge in [0.25, 0.3) is 5.91 Å². The van der Waals surface area contributed by atoms with E-state index in [0.29, 0.717) is 0 Å². The Morgan fingerprint density at radius 2 is 1.78 bits per heavy atom. The number of rotatable bonds is 2. The summed E-state index contributed by atoms with van der Waals surface area (Å²) in [6, 6.07) is 2.28. The fraction of sp³-hybridized carbons (Fsp3) is 0.100. The molecule has 1 aromatic heterocycles. The second kappa shape index (κ2) is 3.91. The van der Waals surface area contributed by atoms with Crippen molar-refractivity contribution in [1.82, 2.24) is 9.63 Å². The molecule has 0 aliphatic carbocycles. The van der Waals surface area contributed by atoms with Crippen LogP contribution >= 0.6 is 0 Å². The van der Waals surface area contributed by atoms with Gasteiger partial charge in [0.1, 0.15) is 5.70 Å². The molecular formula is C10H8N2O6. The van der Waals surface area contributed by atoms with E-state index in [-0.39, 0.29) is 10.8 Å². The summed E-state index contributed by atoms with van der Waals surface area (Å²) in [6.07, 6.45) is 0.838. The standard InChI is InChI=1S/C10H8N2O6/c1-5(13)18-12-9(16)4-6(10(12)17)11-7(14)2-3-8(11)15/h2-4,14-15H,1H3. The zero-order valence-corrected chi connectivity index (χ0v) is 9.15. The highest BCUT2D eigenvalue weighted by Crippen LogP contribution is 2.29. The van der Waals surface area contributed by atoms with Gasteiger partial charge in [-0.2, -0.15) is 0 Å². The van der Waals surface area contributed by atoms with Crippen molar-refractivity contribution in [3.05, 3.63) is 18.2 Å². The minimum absolute atomic E-state index is 0.247. The van der Waals surface area contributed by atoms with Gasteiger partial charge in [0.05, 0.1) is 0 Å². The third-order valence-electron chi connectivity index (χ3n) is 2.16. The summed E-state index contributed by atoms with van der Waals surface area (Å²) in [7, 11) is 0. The van der Waals surface area contributed by atoms with Gasteiger partial charge < -0.3 is 15.1 Å². The average molecular weight is 252 g/mol. The molecular weight excluding hydrogens is 244 g/mol. The van der Waals surface area contributed by atoms with Crippen molar-refractivity contribution in [2.45, 2.75) is 6.92 Å². The van der Waals surface area contributed by atoms with Gasteiger partial charge in [-0.1, -0.05) is 5.06 Å². The molecule has 1 aliphatic rings. The molecule has 1 aromatic rings. The molecule has 2 heterocycles. The van der Waals surface area contributed by atoms with E-state index in [1.54, 1.807) is 0 Å². The number of carbonyl (C=O) groups is 3. The molecule has 0 spiro atoms. The van der Waals surface area contributed by atoms with E-state index in [2.05, 4.69) is 4.84 Å². The summed E-state index contributed by atoms with van der Waals surface area (Å²) >= 11 is 0. The smallest absolute Gasteiger partial charge is 0.330 e. The van der Waals surface area contributed by atoms with Gasteiger partial charge in [0.15, 0.2) is 11.8 Å². The van der Waals surface area contributed by atoms with E-state index in [4.69, 9.17) is 0 Å². The highest BCUT2D eigenvalue weighted by Gasteiger charge is 2.36. The molecule has 0 saturated heterocycles. The fourth-order valence-corrected chi connectivity index (χ4v) is 1.48. The quantitative estimate of drug-likeness (QED) is 0.692. The lowest BCUT2D eigenvalue weighted by Gasteiger charge is -2.12. The largest absolute Gasteiger partial charge is 0.494 e. The molecule has 0 atom stereocenters. The summed E-state index contributed by atoms with van der Waals surface area (Å²) in [5, 5.41) is 19.1. The molecule has 0 saturated carbocycles. The number of amides is 2. The molecule has 2 rings (SSSR count). The summed E-state index contributed by atoms with van der Waals surface area (Å²) in [5.74, 6) is -3.53. The maximum atomic E-state index is 11.8. The van der Waals surface area contributed by atoms with Crippen LogP contribution in [0.1, 0.15) is 6.92 Å². The molecule has 0 fully saturated rings. The van der Waals surface area contributed by atoms with E-state index in [0.717, 1.165) is 29.7 Å². The van der Waals surface area contributed by atoms with E-state index in [1.807, 2.05) is 0 Å². The molecule has 2 amide bonds. The SMILES string of the molecule is CC(=O)ON1C(=O)C=C(n2c(O)ccc2O)C1=O. The number of nitrogens with zero attached hydrogens (tertiary/aromatic N) is 2. The Kier molecular flexibility index (Phi) is 2.55. The van der Waals surface area contributed by atoms with E-state index in [1.165, 1.54) is 0 Å². The van der Waals surface area contributed by atoms with Crippen LogP contribution in [0.5, 0.6) is 11.8 Å². The van der Waals surface area contributed by atoms with Crippen LogP contribution in [-0.2, 0) is 19.2 Å². The maximum absolute atomic E-state index is 11.8. The monoisotopic (exact) mass is 252 g/mol. The first kappa shape index (κ1) is 11.7. The van der Waals surface area contributed by atoms with Gasteiger partial charge in [-0.3, -0.25) is 9.59 Å². The van der Waals surface area contributed by atoms with Crippen molar-refractivity contribution in [1.29, 1.82) is 0 Å². The summed E-state index contributed by atoms with van der Waals surface area (Å²) in [6.45, 7) is 1.03. The first-order valence-corrected chi connectivity index (χ1v) is 4.80. The molecule has 0 bridgehead atoms. The molecule has 1 aliphatic heterocycles. The molecule has 0 unspecified atom stereocenters. The van der Waals surface area contributed by atoms with Gasteiger partial charge in [-0.15, -0.1) is 0 Å². The predicted molar refractivity (Wildman–Crippen MR) is 55.7 cm³/mol. The Balaban J connectivity index is 2.38. The van der Waals surface area contributed by atoms with Gasteiger partial charge >= 0.3 is 11.9 Å². The van der Waals surface area contributed by atoms with Crippen LogP contribution in [0.15, 0.2) is 18.2 Å². The number of hydrogen-bond acceptors (Lipinski definition) is 6. The van der Waals surface area contributed by atoms with Gasteiger partial charge in [-0.05, 0) is 0 Å². The Morgan fingerprint density at radius 3 is 2.28 bits per heavy atom. The minimum atomic E-state index is -0.961. The minimum Gasteiger partial charge on any atom is -0.494 e. The molecule has 94 valence electrons. The van der Waals surface area contributed by atoms with E-state index < -0.39 is 29.5 Å². The van der Waals surface area contributed by atoms with Gasteiger partial charge in [0, 0.05) is 25.1 Å². The number of aromatic nitrogens is 1. The first-order valence-electron chi connectivity index (χ1n) is 4.80. The number of imide groups is 1. The second-order valence-corrected chi connectivity index (χ2v) is 3.44. The Labute approximate surface area is 100 Å². The Bertz CT molecular complexity index is 566. The predicted octanol–water partition coefficient (Wildman–Crippen LogP) is -0.413. The third kappa shape index (κ3) is 1.69. The fourth-order valence-electron chi connectivity index (χ4n) is 1.48. The number of hydrogen-bond donors (Lipinski definition) is 2. The lowest BCUT2D eigenvalue weighted by molar-refractivity contribution is -0.194. The molecule has 8 heteroatoms. The number of hydroxylamine groups is 2. The Hall–Kier alpha value is -2.77. The van der Waals surface area contributed by atoms with Crippen molar-refractivity contribution < 1.29 is 29.4 Å². The zero-order valence-electron chi connectivity index (χ0n) is 9.15. The summed E-state index contributed by atoms with van der Waals surface area (Å²) in [5.41, 5.74) is -0.318. The van der Waals surface area contributed by atoms with Crippen LogP contribution in [0.25, 0.3) is 5.70 Å². The summed E-state index contributed by atoms with van der Waals surface area (Å²) in [4.78, 5) is 38.3. The van der Waals surface area contributed by atoms with Crippen molar-refractivity contribution >= 4 is 23.5 Å². The summed E-state index contributed by atoms with van der Waals surface area (Å²) < 4.78 is 0.754. The van der Waals surface area contributed by atoms with Gasteiger partial charge in [0.2, 0.25) is 0 Å². The van der Waals surface area contributed by atoms with Crippen LogP contribution in [0.2, 0.25) is 0 Å². The average Bonchev–Trinajstić information content (AvgIpc) is 2.73. The zero-order chi connectivity index (χ0) is 13.4. The molecule has 8 nitrogen and oxygen atoms in total. The topological polar surface area (TPSA) is 109 Å². The van der Waals surface area contributed by atoms with Crippen molar-refractivity contribution in [2.24, 2.45) is 0 Å². The molecule has 18 heavy (non-hydrogen) atoms. The van der Waals surface area contributed by atoms with E-state index in [9.17, 15) is 24.6 Å². The molecule has 0 aromatic carbocycles. The number of carbonyl (C=O) groups excluding carboxylic acids is 3. The van der Waals surface area contributed by atoms with Crippen LogP contribution < -0.4 is 0 Å². The van der Waals surface area contributed by atoms with Crippen LogP contribution in [0, 0.1) is 0 Å². The third-order valence-corrected chi connectivity index (χ3v) is 2.16. The normalized spacial score (nSPS) is 14.9. The van der Waals surface area contributed by atoms with Crippen LogP contribution in [-0.4, -0.2) is 37.6 Å². The number of aromatic hydroxyl groups is 2. The lowest BCUT2D eigenvalue weighted by Crippen LogP contribution is -2.33. The van der Waals surface area contributed by atoms with Crippen LogP contribution in [0.3, 0.4) is 0 Å². The van der Waals surface area contributed by atoms with Crippen LogP contribution in [0.4, 0.5) is 0 Å². The first-order chi connectivity index (χ1) is 8.41. The van der Waals surface area contributed by atoms with Gasteiger partial charge in [-0.25, -0.2) is 9.36 Å². The maximum Gasteiger partial charge on any atom is 0.330 e. The van der Waals surface area contributed by atoms with E-state index >= 15 is 0 Å². The highest BCUT2D eigenvalue weighted by molar-refractivity contribution is 6.29. The van der Waals surface area contributed by atoms with Crippen molar-refractivity contribution in [2.75, 3.05) is 0 Å². The van der Waals surface area contributed by atoms with Crippen molar-refractivity contribution in [3.8, 4) is 11.8 Å². The van der Waals surface area contributed by atoms with Crippen molar-refractivity contribution in [3.63, 3.8) is 0 Å². The second-order valence-electron chi connectivity index (χ2n) is 3.44. The molecule has 2 N–H and O–H groups in total. The highest BCUT2D eigenvalue weighted by atomic mass is 16.7. The lowest BCUT2D eigenvalue weighted by atomic mass is 10.4.